The number of methoxy groups -OCH3 is 1. The van der Waals surface area contributed by atoms with Gasteiger partial charge in [0.25, 0.3) is 0 Å². The van der Waals surface area contributed by atoms with E-state index in [1.807, 2.05) is 24.3 Å². The van der Waals surface area contributed by atoms with Crippen molar-refractivity contribution < 1.29 is 38.1 Å². The number of benzene rings is 1. The molecule has 0 spiro atoms. The van der Waals surface area contributed by atoms with Crippen molar-refractivity contribution in [3.8, 4) is 22.8 Å². The van der Waals surface area contributed by atoms with Crippen LogP contribution in [0, 0.1) is 0 Å². The van der Waals surface area contributed by atoms with Crippen molar-refractivity contribution in [2.75, 3.05) is 12.9 Å². The van der Waals surface area contributed by atoms with Gasteiger partial charge in [0.05, 0.1) is 12.8 Å². The number of pyridine rings is 1. The van der Waals surface area contributed by atoms with Crippen LogP contribution in [0.5, 0.6) is 11.5 Å². The third kappa shape index (κ3) is 6.61. The van der Waals surface area contributed by atoms with Gasteiger partial charge in [-0.25, -0.2) is 0 Å². The quantitative estimate of drug-likeness (QED) is 0.438. The maximum absolute atomic E-state index is 11.8. The number of hydrogen-bond acceptors (Lipinski definition) is 10. The van der Waals surface area contributed by atoms with Crippen molar-refractivity contribution in [1.82, 2.24) is 4.98 Å². The molecule has 33 heavy (non-hydrogen) atoms. The van der Waals surface area contributed by atoms with Gasteiger partial charge in [-0.1, -0.05) is 0 Å². The molecule has 0 radical (unpaired) electrons. The van der Waals surface area contributed by atoms with Crippen molar-refractivity contribution in [2.24, 2.45) is 0 Å². The van der Waals surface area contributed by atoms with Crippen LogP contribution >= 0.6 is 11.8 Å². The minimum absolute atomic E-state index is 0.288. The Kier molecular flexibility index (Phi) is 8.16. The lowest BCUT2D eigenvalue weighted by atomic mass is 10.1. The lowest BCUT2D eigenvalue weighted by molar-refractivity contribution is -0.186. The highest BCUT2D eigenvalue weighted by Crippen LogP contribution is 2.35. The van der Waals surface area contributed by atoms with Gasteiger partial charge in [-0.15, -0.1) is 11.8 Å². The summed E-state index contributed by atoms with van der Waals surface area (Å²) in [6.07, 6.45) is -1.18. The summed E-state index contributed by atoms with van der Waals surface area (Å²) in [4.78, 5) is 39.4. The lowest BCUT2D eigenvalue weighted by Crippen LogP contribution is -2.55. The Morgan fingerprint density at radius 1 is 0.879 bits per heavy atom. The number of aromatic nitrogens is 1. The van der Waals surface area contributed by atoms with E-state index in [0.717, 1.165) is 11.3 Å². The van der Waals surface area contributed by atoms with Gasteiger partial charge in [0.2, 0.25) is 0 Å². The zero-order valence-corrected chi connectivity index (χ0v) is 19.5. The molecular formula is C23H25NO8S. The molecule has 0 bridgehead atoms. The van der Waals surface area contributed by atoms with Crippen LogP contribution in [0.15, 0.2) is 42.6 Å². The summed E-state index contributed by atoms with van der Waals surface area (Å²) < 4.78 is 27.5. The third-order valence-electron chi connectivity index (χ3n) is 4.67. The predicted molar refractivity (Wildman–Crippen MR) is 120 cm³/mol. The van der Waals surface area contributed by atoms with Gasteiger partial charge in [0, 0.05) is 44.4 Å². The van der Waals surface area contributed by atoms with Crippen molar-refractivity contribution in [3.63, 3.8) is 0 Å². The number of carbonyl (C=O) groups is 3. The topological polar surface area (TPSA) is 110 Å². The molecule has 1 unspecified atom stereocenters. The second-order valence-corrected chi connectivity index (χ2v) is 8.35. The van der Waals surface area contributed by atoms with E-state index < -0.39 is 41.7 Å². The maximum Gasteiger partial charge on any atom is 0.303 e. The van der Waals surface area contributed by atoms with Crippen LogP contribution in [-0.2, 0) is 28.6 Å². The standard InChI is InChI=1S/C23H25NO8S/c1-13(25)29-20-12-33-23(22(31-15(3)27)21(20)30-14(2)26)32-18-9-10-24-19(11-18)16-5-7-17(28-4)8-6-16/h5-11,20-23H,12H2,1-4H3/t20-,21+,22-,23?/m1/s1. The van der Waals surface area contributed by atoms with Crippen LogP contribution in [-0.4, -0.2) is 59.5 Å². The highest BCUT2D eigenvalue weighted by atomic mass is 32.2. The number of thioether (sulfide) groups is 1. The first-order valence-electron chi connectivity index (χ1n) is 10.2. The molecule has 2 aromatic rings. The third-order valence-corrected chi connectivity index (χ3v) is 5.89. The van der Waals surface area contributed by atoms with Gasteiger partial charge in [-0.05, 0) is 30.3 Å². The van der Waals surface area contributed by atoms with E-state index in [2.05, 4.69) is 4.98 Å². The molecule has 0 saturated carbocycles. The van der Waals surface area contributed by atoms with Crippen LogP contribution in [0.25, 0.3) is 11.3 Å². The first-order valence-corrected chi connectivity index (χ1v) is 11.2. The Bertz CT molecular complexity index is 996. The van der Waals surface area contributed by atoms with E-state index in [1.54, 1.807) is 25.4 Å². The molecule has 1 saturated heterocycles. The number of ether oxygens (including phenoxy) is 5. The second kappa shape index (κ2) is 11.0. The molecule has 1 aromatic carbocycles. The molecule has 1 aliphatic heterocycles. The number of esters is 3. The molecule has 1 aliphatic rings. The van der Waals surface area contributed by atoms with Crippen LogP contribution < -0.4 is 9.47 Å². The zero-order valence-electron chi connectivity index (χ0n) is 18.7. The fourth-order valence-corrected chi connectivity index (χ4v) is 4.56. The van der Waals surface area contributed by atoms with E-state index in [9.17, 15) is 14.4 Å². The van der Waals surface area contributed by atoms with Crippen LogP contribution in [0.4, 0.5) is 0 Å². The van der Waals surface area contributed by atoms with E-state index >= 15 is 0 Å². The highest BCUT2D eigenvalue weighted by molar-refractivity contribution is 7.99. The second-order valence-electron chi connectivity index (χ2n) is 7.22. The van der Waals surface area contributed by atoms with Gasteiger partial charge in [-0.2, -0.15) is 0 Å². The van der Waals surface area contributed by atoms with Gasteiger partial charge < -0.3 is 23.7 Å². The molecule has 2 heterocycles. The number of rotatable bonds is 7. The van der Waals surface area contributed by atoms with E-state index in [0.29, 0.717) is 11.4 Å². The summed E-state index contributed by atoms with van der Waals surface area (Å²) in [5.41, 5.74) is 0.826. The van der Waals surface area contributed by atoms with Crippen molar-refractivity contribution in [3.05, 3.63) is 42.6 Å². The average molecular weight is 476 g/mol. The Morgan fingerprint density at radius 2 is 1.52 bits per heavy atom. The van der Waals surface area contributed by atoms with Crippen molar-refractivity contribution in [2.45, 2.75) is 44.5 Å². The Morgan fingerprint density at radius 3 is 2.12 bits per heavy atom. The van der Waals surface area contributed by atoms with Crippen molar-refractivity contribution >= 4 is 29.7 Å². The first-order chi connectivity index (χ1) is 15.8. The van der Waals surface area contributed by atoms with Gasteiger partial charge in [0.15, 0.2) is 23.7 Å². The molecule has 0 amide bonds. The summed E-state index contributed by atoms with van der Waals surface area (Å²) in [5, 5.41) is 0. The van der Waals surface area contributed by atoms with Crippen LogP contribution in [0.3, 0.4) is 0 Å². The fraction of sp³-hybridized carbons (Fsp3) is 0.391. The summed E-state index contributed by atoms with van der Waals surface area (Å²) in [6.45, 7) is 3.74. The van der Waals surface area contributed by atoms with Gasteiger partial charge in [0.1, 0.15) is 11.5 Å². The molecule has 1 aromatic heterocycles. The SMILES string of the molecule is COc1ccc(-c2cc(OC3SC[C@@H](OC(C)=O)[C@H](OC(C)=O)[C@H]3OC(C)=O)ccn2)cc1. The van der Waals surface area contributed by atoms with Crippen LogP contribution in [0.2, 0.25) is 0 Å². The predicted octanol–water partition coefficient (Wildman–Crippen LogP) is 3.00. The van der Waals surface area contributed by atoms with Crippen LogP contribution in [0.1, 0.15) is 20.8 Å². The monoisotopic (exact) mass is 475 g/mol. The molecule has 0 aliphatic carbocycles. The first kappa shape index (κ1) is 24.4. The summed E-state index contributed by atoms with van der Waals surface area (Å²) in [7, 11) is 1.60. The molecule has 4 atom stereocenters. The Balaban J connectivity index is 1.85. The smallest absolute Gasteiger partial charge is 0.303 e. The van der Waals surface area contributed by atoms with Gasteiger partial charge in [-0.3, -0.25) is 19.4 Å². The summed E-state index contributed by atoms with van der Waals surface area (Å²) in [5.74, 6) is -0.201. The lowest BCUT2D eigenvalue weighted by Gasteiger charge is -2.39. The molecule has 176 valence electrons. The molecule has 0 N–H and O–H groups in total. The largest absolute Gasteiger partial charge is 0.497 e. The van der Waals surface area contributed by atoms with E-state index in [-0.39, 0.29) is 5.75 Å². The maximum atomic E-state index is 11.8. The minimum atomic E-state index is -1.01. The van der Waals surface area contributed by atoms with E-state index in [4.69, 9.17) is 23.7 Å². The van der Waals surface area contributed by atoms with E-state index in [1.165, 1.54) is 32.5 Å². The molecule has 1 fully saturated rings. The molecular weight excluding hydrogens is 450 g/mol. The molecule has 10 heteroatoms. The average Bonchev–Trinajstić information content (AvgIpc) is 2.77. The zero-order chi connectivity index (χ0) is 24.0. The highest BCUT2D eigenvalue weighted by Gasteiger charge is 2.47. The summed E-state index contributed by atoms with van der Waals surface area (Å²) >= 11 is 1.29. The summed E-state index contributed by atoms with van der Waals surface area (Å²) in [6, 6.07) is 10.8. The number of carbonyl (C=O) groups excluding carboxylic acids is 3. The Labute approximate surface area is 195 Å². The minimum Gasteiger partial charge on any atom is -0.497 e. The molecule has 3 rings (SSSR count). The van der Waals surface area contributed by atoms with Crippen molar-refractivity contribution in [1.29, 1.82) is 0 Å². The number of hydrogen-bond donors (Lipinski definition) is 0. The number of nitrogens with zero attached hydrogens (tertiary/aromatic N) is 1. The van der Waals surface area contributed by atoms with Gasteiger partial charge >= 0.3 is 17.9 Å². The fourth-order valence-electron chi connectivity index (χ4n) is 3.35. The Hall–Kier alpha value is -3.27. The normalized spacial score (nSPS) is 22.1. The molecule has 9 nitrogen and oxygen atoms in total.